The zero-order chi connectivity index (χ0) is 16.9. The first-order chi connectivity index (χ1) is 11.7. The number of para-hydroxylation sites is 2. The Kier molecular flexibility index (Phi) is 4.62. The van der Waals surface area contributed by atoms with Crippen molar-refractivity contribution in [3.63, 3.8) is 0 Å². The van der Waals surface area contributed by atoms with Crippen LogP contribution in [-0.2, 0) is 0 Å². The summed E-state index contributed by atoms with van der Waals surface area (Å²) in [5, 5.41) is 16.0. The van der Waals surface area contributed by atoms with Gasteiger partial charge in [-0.2, -0.15) is 5.26 Å². The highest BCUT2D eigenvalue weighted by molar-refractivity contribution is 5.81. The summed E-state index contributed by atoms with van der Waals surface area (Å²) >= 11 is 0. The standard InChI is InChI=1S/C18H19N5O/c1-3-12(4-2)21-18-20-10-9-14(23-18)13(11-19)17-22-15-7-5-6-8-16(15)24-17/h5-10,12,22H,3-4H2,1-2H3,(H,20,21,23). The van der Waals surface area contributed by atoms with Crippen LogP contribution in [0.1, 0.15) is 32.4 Å². The van der Waals surface area contributed by atoms with Crippen molar-refractivity contribution in [3.8, 4) is 11.8 Å². The van der Waals surface area contributed by atoms with Crippen LogP contribution in [0.4, 0.5) is 11.6 Å². The highest BCUT2D eigenvalue weighted by atomic mass is 16.5. The van der Waals surface area contributed by atoms with Crippen molar-refractivity contribution in [2.75, 3.05) is 10.6 Å². The van der Waals surface area contributed by atoms with E-state index in [2.05, 4.69) is 40.5 Å². The van der Waals surface area contributed by atoms with Gasteiger partial charge >= 0.3 is 0 Å². The molecule has 2 aromatic rings. The molecule has 6 nitrogen and oxygen atoms in total. The maximum absolute atomic E-state index is 9.58. The molecule has 0 saturated heterocycles. The van der Waals surface area contributed by atoms with E-state index >= 15 is 0 Å². The lowest BCUT2D eigenvalue weighted by Crippen LogP contribution is -2.19. The number of hydrogen-bond acceptors (Lipinski definition) is 6. The highest BCUT2D eigenvalue weighted by Gasteiger charge is 2.22. The Bertz CT molecular complexity index is 778. The fraction of sp³-hybridized carbons (Fsp3) is 0.278. The van der Waals surface area contributed by atoms with Crippen LogP contribution in [0.3, 0.4) is 0 Å². The zero-order valence-electron chi connectivity index (χ0n) is 13.7. The minimum Gasteiger partial charge on any atom is -0.437 e. The number of anilines is 2. The first-order valence-corrected chi connectivity index (χ1v) is 8.03. The van der Waals surface area contributed by atoms with E-state index in [0.717, 1.165) is 18.5 Å². The molecule has 1 aliphatic heterocycles. The van der Waals surface area contributed by atoms with Crippen LogP contribution in [0.2, 0.25) is 0 Å². The molecule has 2 heterocycles. The number of benzene rings is 1. The normalized spacial score (nSPS) is 14.4. The Hall–Kier alpha value is -3.07. The minimum atomic E-state index is 0.309. The first-order valence-electron chi connectivity index (χ1n) is 8.03. The van der Waals surface area contributed by atoms with Crippen molar-refractivity contribution in [1.82, 2.24) is 9.97 Å². The van der Waals surface area contributed by atoms with Gasteiger partial charge in [0.25, 0.3) is 0 Å². The summed E-state index contributed by atoms with van der Waals surface area (Å²) in [6, 6.07) is 11.7. The lowest BCUT2D eigenvalue weighted by molar-refractivity contribution is 0.460. The molecule has 0 unspecified atom stereocenters. The summed E-state index contributed by atoms with van der Waals surface area (Å²) in [6.07, 6.45) is 3.61. The minimum absolute atomic E-state index is 0.309. The van der Waals surface area contributed by atoms with Gasteiger partial charge in [-0.25, -0.2) is 9.97 Å². The molecule has 1 aromatic heterocycles. The van der Waals surface area contributed by atoms with Crippen LogP contribution in [0.5, 0.6) is 5.75 Å². The number of rotatable bonds is 5. The summed E-state index contributed by atoms with van der Waals surface area (Å²) in [4.78, 5) is 8.71. The fourth-order valence-electron chi connectivity index (χ4n) is 2.50. The average molecular weight is 321 g/mol. The smallest absolute Gasteiger partial charge is 0.223 e. The number of fused-ring (bicyclic) bond motifs is 1. The predicted molar refractivity (Wildman–Crippen MR) is 93.3 cm³/mol. The quantitative estimate of drug-likeness (QED) is 0.816. The van der Waals surface area contributed by atoms with E-state index in [1.165, 1.54) is 0 Å². The predicted octanol–water partition coefficient (Wildman–Crippen LogP) is 3.77. The molecule has 0 radical (unpaired) electrons. The Morgan fingerprint density at radius 2 is 2.08 bits per heavy atom. The van der Waals surface area contributed by atoms with Gasteiger partial charge in [0, 0.05) is 12.2 Å². The Morgan fingerprint density at radius 1 is 1.29 bits per heavy atom. The molecule has 0 fully saturated rings. The molecule has 0 amide bonds. The number of hydrogen-bond donors (Lipinski definition) is 2. The highest BCUT2D eigenvalue weighted by Crippen LogP contribution is 2.35. The molecule has 0 saturated carbocycles. The van der Waals surface area contributed by atoms with Gasteiger partial charge < -0.3 is 15.4 Å². The topological polar surface area (TPSA) is 82.9 Å². The van der Waals surface area contributed by atoms with Crippen molar-refractivity contribution >= 4 is 17.2 Å². The Morgan fingerprint density at radius 3 is 2.79 bits per heavy atom. The van der Waals surface area contributed by atoms with Crippen molar-refractivity contribution in [2.45, 2.75) is 32.7 Å². The number of nitrogens with one attached hydrogen (secondary N) is 2. The third-order valence-electron chi connectivity index (χ3n) is 3.92. The molecular formula is C18H19N5O. The molecule has 1 aromatic carbocycles. The van der Waals surface area contributed by atoms with E-state index in [4.69, 9.17) is 4.74 Å². The largest absolute Gasteiger partial charge is 0.437 e. The van der Waals surface area contributed by atoms with Crippen molar-refractivity contribution in [3.05, 3.63) is 48.1 Å². The summed E-state index contributed by atoms with van der Waals surface area (Å²) < 4.78 is 5.74. The molecule has 0 spiro atoms. The number of nitrogens with zero attached hydrogens (tertiary/aromatic N) is 3. The lowest BCUT2D eigenvalue weighted by Gasteiger charge is -2.14. The second kappa shape index (κ2) is 7.01. The SMILES string of the molecule is CCC(CC)Nc1nccc(C(C#N)=C2Nc3ccccc3O2)n1. The molecule has 1 aliphatic rings. The lowest BCUT2D eigenvalue weighted by atomic mass is 10.2. The van der Waals surface area contributed by atoms with Crippen LogP contribution in [-0.4, -0.2) is 16.0 Å². The third-order valence-corrected chi connectivity index (χ3v) is 3.92. The molecule has 3 rings (SSSR count). The van der Waals surface area contributed by atoms with E-state index < -0.39 is 0 Å². The second-order valence-corrected chi connectivity index (χ2v) is 5.46. The van der Waals surface area contributed by atoms with Gasteiger partial charge in [0.05, 0.1) is 11.4 Å². The Balaban J connectivity index is 1.90. The second-order valence-electron chi connectivity index (χ2n) is 5.46. The van der Waals surface area contributed by atoms with Crippen LogP contribution in [0.25, 0.3) is 5.57 Å². The summed E-state index contributed by atoms with van der Waals surface area (Å²) in [5.74, 6) is 1.61. The molecule has 0 atom stereocenters. The van der Waals surface area contributed by atoms with E-state index in [-0.39, 0.29) is 0 Å². The maximum atomic E-state index is 9.58. The van der Waals surface area contributed by atoms with Crippen molar-refractivity contribution < 1.29 is 4.74 Å². The van der Waals surface area contributed by atoms with Gasteiger partial charge in [-0.05, 0) is 31.0 Å². The van der Waals surface area contributed by atoms with E-state index in [1.54, 1.807) is 12.3 Å². The average Bonchev–Trinajstić information content (AvgIpc) is 3.04. The molecule has 0 aliphatic carbocycles. The van der Waals surface area contributed by atoms with Gasteiger partial charge in [0.2, 0.25) is 11.8 Å². The van der Waals surface area contributed by atoms with Crippen molar-refractivity contribution in [2.24, 2.45) is 0 Å². The van der Waals surface area contributed by atoms with Gasteiger partial charge in [0.15, 0.2) is 5.75 Å². The van der Waals surface area contributed by atoms with Crippen LogP contribution in [0.15, 0.2) is 42.4 Å². The summed E-state index contributed by atoms with van der Waals surface area (Å²) in [6.45, 7) is 4.22. The van der Waals surface area contributed by atoms with Crippen LogP contribution < -0.4 is 15.4 Å². The number of ether oxygens (including phenoxy) is 1. The number of nitriles is 1. The van der Waals surface area contributed by atoms with Gasteiger partial charge in [-0.1, -0.05) is 26.0 Å². The monoisotopic (exact) mass is 321 g/mol. The van der Waals surface area contributed by atoms with E-state index in [1.807, 2.05) is 24.3 Å². The number of aromatic nitrogens is 2. The molecule has 2 N–H and O–H groups in total. The zero-order valence-corrected chi connectivity index (χ0v) is 13.7. The van der Waals surface area contributed by atoms with Gasteiger partial charge in [0.1, 0.15) is 11.6 Å². The van der Waals surface area contributed by atoms with Crippen LogP contribution in [0, 0.1) is 11.3 Å². The van der Waals surface area contributed by atoms with E-state index in [0.29, 0.717) is 34.9 Å². The third kappa shape index (κ3) is 3.15. The maximum Gasteiger partial charge on any atom is 0.223 e. The molecular weight excluding hydrogens is 302 g/mol. The number of allylic oxidation sites excluding steroid dienone is 1. The molecule has 24 heavy (non-hydrogen) atoms. The van der Waals surface area contributed by atoms with E-state index in [9.17, 15) is 5.26 Å². The molecule has 0 bridgehead atoms. The molecule has 122 valence electrons. The van der Waals surface area contributed by atoms with Crippen molar-refractivity contribution in [1.29, 1.82) is 5.26 Å². The van der Waals surface area contributed by atoms with Gasteiger partial charge in [-0.15, -0.1) is 0 Å². The summed E-state index contributed by atoms with van der Waals surface area (Å²) in [7, 11) is 0. The fourth-order valence-corrected chi connectivity index (χ4v) is 2.50. The first kappa shape index (κ1) is 15.8. The molecule has 6 heteroatoms. The Labute approximate surface area is 141 Å². The van der Waals surface area contributed by atoms with Crippen LogP contribution >= 0.6 is 0 Å². The van der Waals surface area contributed by atoms with Gasteiger partial charge in [-0.3, -0.25) is 0 Å². The summed E-state index contributed by atoms with van der Waals surface area (Å²) in [5.41, 5.74) is 1.71.